The van der Waals surface area contributed by atoms with Gasteiger partial charge in [-0.15, -0.1) is 11.3 Å². The minimum absolute atomic E-state index is 0.0355. The Labute approximate surface area is 188 Å². The fraction of sp³-hybridized carbons (Fsp3) is 0.500. The highest BCUT2D eigenvalue weighted by Crippen LogP contribution is 2.25. The summed E-state index contributed by atoms with van der Waals surface area (Å²) in [4.78, 5) is 13.3. The predicted octanol–water partition coefficient (Wildman–Crippen LogP) is 2.97. The maximum atomic E-state index is 12.1. The van der Waals surface area contributed by atoms with Crippen molar-refractivity contribution in [3.05, 3.63) is 52.9 Å². The molecule has 0 saturated heterocycles. The van der Waals surface area contributed by atoms with Crippen LogP contribution in [0, 0.1) is 0 Å². The van der Waals surface area contributed by atoms with Gasteiger partial charge in [-0.1, -0.05) is 18.2 Å². The highest BCUT2D eigenvalue weighted by Gasteiger charge is 2.06. The van der Waals surface area contributed by atoms with E-state index >= 15 is 0 Å². The van der Waals surface area contributed by atoms with Crippen molar-refractivity contribution in [3.63, 3.8) is 0 Å². The van der Waals surface area contributed by atoms with Crippen LogP contribution in [0.15, 0.2) is 46.7 Å². The lowest BCUT2D eigenvalue weighted by Gasteiger charge is -2.06. The minimum atomic E-state index is -0.0355. The number of rotatable bonds is 17. The van der Waals surface area contributed by atoms with Crippen molar-refractivity contribution in [2.45, 2.75) is 36.4 Å². The van der Waals surface area contributed by atoms with Crippen molar-refractivity contribution in [2.75, 3.05) is 39.3 Å². The average Bonchev–Trinajstić information content (AvgIpc) is 3.23. The highest BCUT2D eigenvalue weighted by atomic mass is 32.2. The molecule has 2 rings (SSSR count). The normalized spacial score (nSPS) is 11.0. The van der Waals surface area contributed by atoms with Crippen molar-refractivity contribution < 1.29 is 4.79 Å². The molecule has 2 aromatic rings. The molecular formula is C22H35N5OS2. The highest BCUT2D eigenvalue weighted by molar-refractivity contribution is 7.99. The van der Waals surface area contributed by atoms with Gasteiger partial charge in [-0.25, -0.2) is 0 Å². The lowest BCUT2D eigenvalue weighted by molar-refractivity contribution is 0.0951. The summed E-state index contributed by atoms with van der Waals surface area (Å²) in [6.07, 6.45) is 4.57. The van der Waals surface area contributed by atoms with Crippen LogP contribution in [0.3, 0.4) is 0 Å². The van der Waals surface area contributed by atoms with Crippen LogP contribution in [0.4, 0.5) is 0 Å². The third-order valence-electron chi connectivity index (χ3n) is 4.42. The van der Waals surface area contributed by atoms with E-state index in [1.807, 2.05) is 30.3 Å². The first kappa shape index (κ1) is 24.8. The molecule has 1 aromatic carbocycles. The number of carbonyl (C=O) groups is 1. The van der Waals surface area contributed by atoms with Crippen LogP contribution in [0.2, 0.25) is 0 Å². The van der Waals surface area contributed by atoms with E-state index in [-0.39, 0.29) is 5.91 Å². The maximum Gasteiger partial charge on any atom is 0.251 e. The second kappa shape index (κ2) is 16.3. The molecule has 0 atom stereocenters. The first-order chi connectivity index (χ1) is 14.8. The van der Waals surface area contributed by atoms with Gasteiger partial charge in [0.05, 0.1) is 10.8 Å². The Morgan fingerprint density at radius 2 is 1.57 bits per heavy atom. The molecule has 0 bridgehead atoms. The third kappa shape index (κ3) is 11.1. The molecule has 0 aliphatic carbocycles. The average molecular weight is 450 g/mol. The van der Waals surface area contributed by atoms with Crippen LogP contribution in [-0.2, 0) is 6.54 Å². The van der Waals surface area contributed by atoms with Crippen molar-refractivity contribution in [1.82, 2.24) is 20.7 Å². The zero-order chi connectivity index (χ0) is 21.3. The first-order valence-electron chi connectivity index (χ1n) is 10.7. The van der Waals surface area contributed by atoms with E-state index < -0.39 is 0 Å². The third-order valence-corrected chi connectivity index (χ3v) is 6.48. The number of amides is 1. The monoisotopic (exact) mass is 449 g/mol. The van der Waals surface area contributed by atoms with Crippen LogP contribution in [0.1, 0.15) is 40.9 Å². The van der Waals surface area contributed by atoms with Crippen molar-refractivity contribution >= 4 is 29.2 Å². The number of benzene rings is 1. The van der Waals surface area contributed by atoms with Gasteiger partial charge in [-0.3, -0.25) is 9.52 Å². The summed E-state index contributed by atoms with van der Waals surface area (Å²) >= 11 is 3.38. The van der Waals surface area contributed by atoms with Crippen LogP contribution >= 0.6 is 23.3 Å². The Kier molecular flexibility index (Phi) is 13.5. The molecule has 1 heterocycles. The number of hydrogen-bond acceptors (Lipinski definition) is 7. The van der Waals surface area contributed by atoms with E-state index in [4.69, 9.17) is 5.73 Å². The van der Waals surface area contributed by atoms with Crippen LogP contribution in [0.5, 0.6) is 0 Å². The van der Waals surface area contributed by atoms with Gasteiger partial charge in [0, 0.05) is 17.0 Å². The Balaban J connectivity index is 1.44. The van der Waals surface area contributed by atoms with Gasteiger partial charge in [0.15, 0.2) is 0 Å². The molecule has 0 aliphatic rings. The standard InChI is InChI=1S/C22H35N5OS2/c23-12-6-15-24-13-4-5-14-25-16-7-17-27-30-21-11-10-20(29-21)18-26-22(28)19-8-2-1-3-9-19/h1-3,8-11,24-25,27H,4-7,12-18,23H2,(H,26,28). The van der Waals surface area contributed by atoms with Crippen LogP contribution in [-0.4, -0.2) is 45.2 Å². The Morgan fingerprint density at radius 1 is 0.867 bits per heavy atom. The van der Waals surface area contributed by atoms with Gasteiger partial charge < -0.3 is 21.7 Å². The summed E-state index contributed by atoms with van der Waals surface area (Å²) in [5, 5.41) is 9.87. The zero-order valence-electron chi connectivity index (χ0n) is 17.6. The fourth-order valence-electron chi connectivity index (χ4n) is 2.75. The second-order valence-electron chi connectivity index (χ2n) is 6.97. The first-order valence-corrected chi connectivity index (χ1v) is 12.4. The summed E-state index contributed by atoms with van der Waals surface area (Å²) < 4.78 is 4.63. The molecule has 0 unspecified atom stereocenters. The molecule has 30 heavy (non-hydrogen) atoms. The van der Waals surface area contributed by atoms with Crippen LogP contribution < -0.4 is 26.4 Å². The van der Waals surface area contributed by atoms with Gasteiger partial charge in [0.1, 0.15) is 0 Å². The molecular weight excluding hydrogens is 414 g/mol. The van der Waals surface area contributed by atoms with Gasteiger partial charge in [0.2, 0.25) is 0 Å². The molecule has 0 spiro atoms. The number of carbonyl (C=O) groups excluding carboxylic acids is 1. The number of unbranched alkanes of at least 4 members (excludes halogenated alkanes) is 1. The Bertz CT molecular complexity index is 696. The SMILES string of the molecule is NCCCNCCCCNCCCNSc1ccc(CNC(=O)c2ccccc2)s1. The van der Waals surface area contributed by atoms with E-state index in [1.54, 1.807) is 23.3 Å². The summed E-state index contributed by atoms with van der Waals surface area (Å²) in [6, 6.07) is 13.5. The van der Waals surface area contributed by atoms with E-state index in [9.17, 15) is 4.79 Å². The summed E-state index contributed by atoms with van der Waals surface area (Å²) in [7, 11) is 0. The smallest absolute Gasteiger partial charge is 0.251 e. The molecule has 0 saturated carbocycles. The molecule has 1 amide bonds. The zero-order valence-corrected chi connectivity index (χ0v) is 19.3. The summed E-state index contributed by atoms with van der Waals surface area (Å²) in [5.41, 5.74) is 6.16. The number of nitrogens with one attached hydrogen (secondary N) is 4. The molecule has 166 valence electrons. The quantitative estimate of drug-likeness (QED) is 0.188. The minimum Gasteiger partial charge on any atom is -0.347 e. The fourth-order valence-corrected chi connectivity index (χ4v) is 4.62. The lowest BCUT2D eigenvalue weighted by atomic mass is 10.2. The topological polar surface area (TPSA) is 91.2 Å². The molecule has 6 nitrogen and oxygen atoms in total. The van der Waals surface area contributed by atoms with Gasteiger partial charge in [-0.05, 0) is 94.6 Å². The second-order valence-corrected chi connectivity index (χ2v) is 9.33. The molecule has 0 aliphatic heterocycles. The van der Waals surface area contributed by atoms with E-state index in [1.165, 1.54) is 17.1 Å². The largest absolute Gasteiger partial charge is 0.347 e. The molecule has 8 heteroatoms. The Hall–Kier alpha value is -1.42. The number of thiophene rings is 1. The van der Waals surface area contributed by atoms with E-state index in [0.717, 1.165) is 57.0 Å². The Morgan fingerprint density at radius 3 is 2.30 bits per heavy atom. The lowest BCUT2D eigenvalue weighted by Crippen LogP contribution is -2.22. The van der Waals surface area contributed by atoms with Gasteiger partial charge >= 0.3 is 0 Å². The molecule has 0 radical (unpaired) electrons. The summed E-state index contributed by atoms with van der Waals surface area (Å²) in [5.74, 6) is -0.0355. The molecule has 1 aromatic heterocycles. The number of nitrogens with two attached hydrogens (primary N) is 1. The predicted molar refractivity (Wildman–Crippen MR) is 129 cm³/mol. The number of hydrogen-bond donors (Lipinski definition) is 5. The summed E-state index contributed by atoms with van der Waals surface area (Å²) in [6.45, 7) is 6.52. The molecule has 6 N–H and O–H groups in total. The maximum absolute atomic E-state index is 12.1. The molecule has 0 fully saturated rings. The van der Waals surface area contributed by atoms with Crippen molar-refractivity contribution in [3.8, 4) is 0 Å². The van der Waals surface area contributed by atoms with Crippen molar-refractivity contribution in [1.29, 1.82) is 0 Å². The van der Waals surface area contributed by atoms with E-state index in [0.29, 0.717) is 12.1 Å². The van der Waals surface area contributed by atoms with Gasteiger partial charge in [0.25, 0.3) is 5.91 Å². The van der Waals surface area contributed by atoms with E-state index in [2.05, 4.69) is 32.8 Å². The van der Waals surface area contributed by atoms with Crippen molar-refractivity contribution in [2.24, 2.45) is 5.73 Å². The van der Waals surface area contributed by atoms with Gasteiger partial charge in [-0.2, -0.15) is 0 Å². The van der Waals surface area contributed by atoms with Crippen LogP contribution in [0.25, 0.3) is 0 Å².